The van der Waals surface area contributed by atoms with Gasteiger partial charge in [0.25, 0.3) is 0 Å². The molecule has 0 saturated heterocycles. The van der Waals surface area contributed by atoms with Crippen molar-refractivity contribution in [2.24, 2.45) is 0 Å². The number of aromatic nitrogens is 2. The van der Waals surface area contributed by atoms with Crippen LogP contribution < -0.4 is 11.2 Å². The van der Waals surface area contributed by atoms with Crippen LogP contribution >= 0.6 is 11.3 Å². The minimum atomic E-state index is -4.70. The van der Waals surface area contributed by atoms with Gasteiger partial charge in [0.2, 0.25) is 0 Å². The molecule has 0 spiro atoms. The van der Waals surface area contributed by atoms with Crippen LogP contribution in [-0.2, 0) is 6.18 Å². The fourth-order valence-corrected chi connectivity index (χ4v) is 3.20. The number of thiophene rings is 1. The van der Waals surface area contributed by atoms with Gasteiger partial charge in [0.05, 0.1) is 5.52 Å². The minimum absolute atomic E-state index is 0.187. The molecule has 2 aromatic heterocycles. The summed E-state index contributed by atoms with van der Waals surface area (Å²) in [5, 5.41) is 9.26. The van der Waals surface area contributed by atoms with E-state index in [1.165, 1.54) is 12.1 Å². The number of benzene rings is 1. The lowest BCUT2D eigenvalue weighted by atomic mass is 10.1. The highest BCUT2D eigenvalue weighted by Gasteiger charge is 2.38. The second-order valence-electron chi connectivity index (χ2n) is 4.42. The average molecular weight is 328 g/mol. The van der Waals surface area contributed by atoms with Crippen molar-refractivity contribution in [1.82, 2.24) is 9.71 Å². The largest absolute Gasteiger partial charge is 0.426 e. The number of rotatable bonds is 1. The van der Waals surface area contributed by atoms with Gasteiger partial charge in [-0.15, -0.1) is 11.3 Å². The molecule has 2 heterocycles. The van der Waals surface area contributed by atoms with E-state index in [0.717, 1.165) is 0 Å². The van der Waals surface area contributed by atoms with Crippen LogP contribution in [0.2, 0.25) is 0 Å². The standard InChI is InChI=1S/C13H7F3N2O3S/c14-13(15,16)10-7(6-4-2-1-3-5-6)8-9(22-10)11(19)18(21)12(20)17-8/h1-5,21H,(H,17,20). The lowest BCUT2D eigenvalue weighted by Gasteiger charge is -2.08. The monoisotopic (exact) mass is 328 g/mol. The summed E-state index contributed by atoms with van der Waals surface area (Å²) >= 11 is 0.187. The SMILES string of the molecule is O=c1[nH]c2c(-c3ccccc3)c(C(F)(F)F)sc2c(=O)n1O. The zero-order chi connectivity index (χ0) is 16.1. The topological polar surface area (TPSA) is 75.1 Å². The number of aromatic amines is 1. The molecule has 2 N–H and O–H groups in total. The molecule has 0 aliphatic carbocycles. The molecule has 3 aromatic rings. The molecule has 0 amide bonds. The Labute approximate surface area is 123 Å². The van der Waals surface area contributed by atoms with Gasteiger partial charge in [-0.05, 0) is 5.56 Å². The van der Waals surface area contributed by atoms with Gasteiger partial charge in [-0.3, -0.25) is 4.79 Å². The quantitative estimate of drug-likeness (QED) is 0.675. The molecule has 22 heavy (non-hydrogen) atoms. The number of halogens is 3. The molecule has 9 heteroatoms. The minimum Gasteiger partial charge on any atom is -0.421 e. The molecule has 114 valence electrons. The summed E-state index contributed by atoms with van der Waals surface area (Å²) < 4.78 is 39.1. The van der Waals surface area contributed by atoms with E-state index < -0.39 is 22.3 Å². The molecular weight excluding hydrogens is 321 g/mol. The van der Waals surface area contributed by atoms with Gasteiger partial charge < -0.3 is 10.2 Å². The van der Waals surface area contributed by atoms with Crippen LogP contribution in [0.3, 0.4) is 0 Å². The molecule has 0 radical (unpaired) electrons. The van der Waals surface area contributed by atoms with E-state index in [-0.39, 0.29) is 37.4 Å². The van der Waals surface area contributed by atoms with E-state index in [1.807, 2.05) is 0 Å². The maximum Gasteiger partial charge on any atom is 0.426 e. The van der Waals surface area contributed by atoms with E-state index in [9.17, 15) is 28.0 Å². The number of alkyl halides is 3. The lowest BCUT2D eigenvalue weighted by molar-refractivity contribution is -0.133. The lowest BCUT2D eigenvalue weighted by Crippen LogP contribution is -2.32. The predicted molar refractivity (Wildman–Crippen MR) is 74.3 cm³/mol. The van der Waals surface area contributed by atoms with Crippen LogP contribution in [0.25, 0.3) is 21.3 Å². The van der Waals surface area contributed by atoms with Crippen molar-refractivity contribution in [3.63, 3.8) is 0 Å². The summed E-state index contributed by atoms with van der Waals surface area (Å²) in [6, 6.07) is 7.61. The molecular formula is C13H7F3N2O3S. The van der Waals surface area contributed by atoms with Gasteiger partial charge in [0.15, 0.2) is 0 Å². The van der Waals surface area contributed by atoms with Crippen LogP contribution in [0.5, 0.6) is 0 Å². The van der Waals surface area contributed by atoms with Gasteiger partial charge in [-0.25, -0.2) is 4.79 Å². The second kappa shape index (κ2) is 4.73. The molecule has 0 aliphatic rings. The van der Waals surface area contributed by atoms with E-state index in [0.29, 0.717) is 0 Å². The first-order valence-corrected chi connectivity index (χ1v) is 6.76. The molecule has 0 unspecified atom stereocenters. The third-order valence-corrected chi connectivity index (χ3v) is 4.26. The Bertz CT molecular complexity index is 970. The number of hydrogen-bond donors (Lipinski definition) is 2. The molecule has 0 fully saturated rings. The summed E-state index contributed by atoms with van der Waals surface area (Å²) in [5.74, 6) is 0. The van der Waals surface area contributed by atoms with Crippen LogP contribution in [0.15, 0.2) is 39.9 Å². The zero-order valence-electron chi connectivity index (χ0n) is 10.6. The average Bonchev–Trinajstić information content (AvgIpc) is 2.85. The summed E-state index contributed by atoms with van der Waals surface area (Å²) in [4.78, 5) is 24.4. The van der Waals surface area contributed by atoms with Crippen LogP contribution in [0.1, 0.15) is 4.88 Å². The summed E-state index contributed by atoms with van der Waals surface area (Å²) in [7, 11) is 0. The molecule has 0 atom stereocenters. The molecule has 0 aliphatic heterocycles. The molecule has 3 rings (SSSR count). The van der Waals surface area contributed by atoms with Crippen LogP contribution in [0.4, 0.5) is 13.2 Å². The number of H-pyrrole nitrogens is 1. The third-order valence-electron chi connectivity index (χ3n) is 3.04. The van der Waals surface area contributed by atoms with Crippen LogP contribution in [-0.4, -0.2) is 14.9 Å². The van der Waals surface area contributed by atoms with Crippen molar-refractivity contribution in [3.05, 3.63) is 56.0 Å². The Morgan fingerprint density at radius 1 is 1.14 bits per heavy atom. The van der Waals surface area contributed by atoms with Crippen molar-refractivity contribution in [2.75, 3.05) is 0 Å². The van der Waals surface area contributed by atoms with E-state index >= 15 is 0 Å². The fourth-order valence-electron chi connectivity index (χ4n) is 2.13. The second-order valence-corrected chi connectivity index (χ2v) is 5.44. The first-order chi connectivity index (χ1) is 10.3. The Morgan fingerprint density at radius 3 is 2.36 bits per heavy atom. The maximum absolute atomic E-state index is 13.3. The number of nitrogens with one attached hydrogen (secondary N) is 1. The van der Waals surface area contributed by atoms with Gasteiger partial charge >= 0.3 is 17.4 Å². The molecule has 0 saturated carbocycles. The summed E-state index contributed by atoms with van der Waals surface area (Å²) in [6.45, 7) is 0. The highest BCUT2D eigenvalue weighted by atomic mass is 32.1. The first-order valence-electron chi connectivity index (χ1n) is 5.94. The Morgan fingerprint density at radius 2 is 1.77 bits per heavy atom. The smallest absolute Gasteiger partial charge is 0.421 e. The van der Waals surface area contributed by atoms with Crippen LogP contribution in [0, 0.1) is 0 Å². The zero-order valence-corrected chi connectivity index (χ0v) is 11.5. The number of fused-ring (bicyclic) bond motifs is 1. The molecule has 5 nitrogen and oxygen atoms in total. The van der Waals surface area contributed by atoms with Gasteiger partial charge in [0, 0.05) is 5.56 Å². The molecule has 1 aromatic carbocycles. The fraction of sp³-hybridized carbons (Fsp3) is 0.0769. The maximum atomic E-state index is 13.3. The predicted octanol–water partition coefficient (Wildman–Crippen LogP) is 2.67. The summed E-state index contributed by atoms with van der Waals surface area (Å²) in [6.07, 6.45) is -4.70. The highest BCUT2D eigenvalue weighted by Crippen LogP contribution is 2.45. The Hall–Kier alpha value is -2.55. The normalized spacial score (nSPS) is 12.0. The third kappa shape index (κ3) is 2.10. The Balaban J connectivity index is 2.53. The van der Waals surface area contributed by atoms with Crippen molar-refractivity contribution in [3.8, 4) is 11.1 Å². The van der Waals surface area contributed by atoms with Crippen molar-refractivity contribution >= 4 is 21.6 Å². The highest BCUT2D eigenvalue weighted by molar-refractivity contribution is 7.19. The van der Waals surface area contributed by atoms with Crippen molar-refractivity contribution < 1.29 is 18.4 Å². The van der Waals surface area contributed by atoms with Gasteiger partial charge in [-0.1, -0.05) is 35.1 Å². The van der Waals surface area contributed by atoms with Crippen molar-refractivity contribution in [2.45, 2.75) is 6.18 Å². The van der Waals surface area contributed by atoms with E-state index in [1.54, 1.807) is 18.2 Å². The summed E-state index contributed by atoms with van der Waals surface area (Å²) in [5.41, 5.74) is -2.67. The van der Waals surface area contributed by atoms with E-state index in [2.05, 4.69) is 4.98 Å². The first kappa shape index (κ1) is 14.4. The number of nitrogens with zero attached hydrogens (tertiary/aromatic N) is 1. The Kier molecular flexibility index (Phi) is 3.10. The number of hydrogen-bond acceptors (Lipinski definition) is 4. The van der Waals surface area contributed by atoms with Crippen molar-refractivity contribution in [1.29, 1.82) is 0 Å². The van der Waals surface area contributed by atoms with Gasteiger partial charge in [0.1, 0.15) is 9.58 Å². The van der Waals surface area contributed by atoms with Gasteiger partial charge in [-0.2, -0.15) is 13.2 Å². The molecule has 0 bridgehead atoms. The van der Waals surface area contributed by atoms with E-state index in [4.69, 9.17) is 0 Å².